The highest BCUT2D eigenvalue weighted by Gasteiger charge is 2.41. The maximum absolute atomic E-state index is 13.9. The van der Waals surface area contributed by atoms with Gasteiger partial charge in [-0.3, -0.25) is 19.7 Å². The van der Waals surface area contributed by atoms with Gasteiger partial charge in [0.05, 0.1) is 11.0 Å². The summed E-state index contributed by atoms with van der Waals surface area (Å²) in [7, 11) is 0. The molecule has 3 aliphatic rings. The summed E-state index contributed by atoms with van der Waals surface area (Å²) in [4.78, 5) is 29.5. The Hall–Kier alpha value is -3.55. The number of aliphatic hydroxyl groups is 1. The van der Waals surface area contributed by atoms with Crippen LogP contribution in [0.2, 0.25) is 0 Å². The molecule has 2 atom stereocenters. The number of aromatic nitrogens is 1. The van der Waals surface area contributed by atoms with E-state index in [0.717, 1.165) is 36.8 Å². The van der Waals surface area contributed by atoms with Crippen LogP contribution >= 0.6 is 0 Å². The van der Waals surface area contributed by atoms with Gasteiger partial charge in [-0.05, 0) is 49.1 Å². The van der Waals surface area contributed by atoms with Gasteiger partial charge < -0.3 is 14.9 Å². The second kappa shape index (κ2) is 11.3. The zero-order chi connectivity index (χ0) is 26.7. The van der Waals surface area contributed by atoms with E-state index in [1.165, 1.54) is 11.1 Å². The molecule has 0 spiro atoms. The Morgan fingerprint density at radius 2 is 1.69 bits per heavy atom. The summed E-state index contributed by atoms with van der Waals surface area (Å²) in [5.41, 5.74) is 1.70. The van der Waals surface area contributed by atoms with Crippen LogP contribution in [0.15, 0.2) is 84.0 Å². The second-order valence-corrected chi connectivity index (χ2v) is 11.3. The number of nitrogens with zero attached hydrogens (tertiary/aromatic N) is 5. The average molecular weight is 524 g/mol. The zero-order valence-corrected chi connectivity index (χ0v) is 22.4. The smallest absolute Gasteiger partial charge is 0.226 e. The highest BCUT2D eigenvalue weighted by Crippen LogP contribution is 2.36. The SMILES string of the molecule is O=C([C@@H]1CCN(Cc2ccccc2)C[C@H]1c1ccccc1)N1CCC(O)(CN2C=c3ncccc3=NC2)CC1. The molecule has 3 aromatic rings. The third kappa shape index (κ3) is 5.89. The molecule has 1 aromatic heterocycles. The maximum atomic E-state index is 13.9. The summed E-state index contributed by atoms with van der Waals surface area (Å²) >= 11 is 0. The largest absolute Gasteiger partial charge is 0.388 e. The molecular weight excluding hydrogens is 486 g/mol. The third-order valence-corrected chi connectivity index (χ3v) is 8.54. The van der Waals surface area contributed by atoms with Crippen LogP contribution in [-0.4, -0.2) is 75.7 Å². The Labute approximate surface area is 230 Å². The first-order valence-corrected chi connectivity index (χ1v) is 14.1. The predicted octanol–water partition coefficient (Wildman–Crippen LogP) is 2.37. The van der Waals surface area contributed by atoms with E-state index in [2.05, 4.69) is 69.5 Å². The van der Waals surface area contributed by atoms with Crippen LogP contribution in [0, 0.1) is 5.92 Å². The zero-order valence-electron chi connectivity index (χ0n) is 22.4. The van der Waals surface area contributed by atoms with Crippen molar-refractivity contribution in [3.05, 3.63) is 101 Å². The van der Waals surface area contributed by atoms with E-state index < -0.39 is 5.60 Å². The van der Waals surface area contributed by atoms with Gasteiger partial charge >= 0.3 is 0 Å². The van der Waals surface area contributed by atoms with E-state index in [1.54, 1.807) is 6.20 Å². The fourth-order valence-electron chi connectivity index (χ4n) is 6.37. The molecule has 2 saturated heterocycles. The van der Waals surface area contributed by atoms with E-state index in [4.69, 9.17) is 0 Å². The topological polar surface area (TPSA) is 72.3 Å². The van der Waals surface area contributed by atoms with Crippen LogP contribution in [0.3, 0.4) is 0 Å². The fraction of sp³-hybridized carbons (Fsp3) is 0.406. The molecule has 6 rings (SSSR count). The van der Waals surface area contributed by atoms with Crippen molar-refractivity contribution in [1.29, 1.82) is 0 Å². The van der Waals surface area contributed by atoms with Crippen molar-refractivity contribution in [2.75, 3.05) is 39.4 Å². The van der Waals surface area contributed by atoms with Crippen LogP contribution in [-0.2, 0) is 11.3 Å². The van der Waals surface area contributed by atoms with Crippen LogP contribution in [0.1, 0.15) is 36.3 Å². The normalized spacial score (nSPS) is 22.9. The molecule has 7 heteroatoms. The standard InChI is InChI=1S/C32H37N5O2/c38-31(37-18-14-32(39,15-19-37)23-36-22-30-29(34-24-36)12-7-16-33-30)27-13-17-35(20-25-8-3-1-4-9-25)21-28(27)26-10-5-2-6-11-26/h1-12,16,22,27-28,39H,13-15,17-21,23-24H2/t27-,28+/m1/s1. The number of pyridine rings is 1. The minimum atomic E-state index is -0.840. The van der Waals surface area contributed by atoms with Crippen LogP contribution < -0.4 is 10.7 Å². The van der Waals surface area contributed by atoms with E-state index in [9.17, 15) is 9.90 Å². The molecule has 4 heterocycles. The molecule has 0 aliphatic carbocycles. The monoisotopic (exact) mass is 523 g/mol. The minimum Gasteiger partial charge on any atom is -0.388 e. The van der Waals surface area contributed by atoms with Gasteiger partial charge in [0.1, 0.15) is 12.0 Å². The fourth-order valence-corrected chi connectivity index (χ4v) is 6.37. The maximum Gasteiger partial charge on any atom is 0.226 e. The lowest BCUT2D eigenvalue weighted by atomic mass is 9.79. The summed E-state index contributed by atoms with van der Waals surface area (Å²) in [5.74, 6) is 0.361. The Morgan fingerprint density at radius 1 is 0.949 bits per heavy atom. The van der Waals surface area contributed by atoms with Crippen molar-refractivity contribution in [3.63, 3.8) is 0 Å². The minimum absolute atomic E-state index is 0.0394. The molecule has 39 heavy (non-hydrogen) atoms. The highest BCUT2D eigenvalue weighted by molar-refractivity contribution is 5.80. The lowest BCUT2D eigenvalue weighted by Crippen LogP contribution is -2.54. The van der Waals surface area contributed by atoms with Crippen LogP contribution in [0.5, 0.6) is 0 Å². The summed E-state index contributed by atoms with van der Waals surface area (Å²) in [5, 5.41) is 13.1. The molecule has 1 N–H and O–H groups in total. The molecule has 7 nitrogen and oxygen atoms in total. The number of carbonyl (C=O) groups excluding carboxylic acids is 1. The number of rotatable bonds is 6. The lowest BCUT2D eigenvalue weighted by Gasteiger charge is -2.44. The van der Waals surface area contributed by atoms with Crippen molar-refractivity contribution in [1.82, 2.24) is 19.7 Å². The number of amides is 1. The van der Waals surface area contributed by atoms with Gasteiger partial charge in [-0.25, -0.2) is 0 Å². The van der Waals surface area contributed by atoms with Gasteiger partial charge in [0.15, 0.2) is 0 Å². The van der Waals surface area contributed by atoms with Crippen molar-refractivity contribution in [3.8, 4) is 0 Å². The Kier molecular flexibility index (Phi) is 7.44. The number of benzene rings is 2. The van der Waals surface area contributed by atoms with Gasteiger partial charge in [-0.15, -0.1) is 0 Å². The van der Waals surface area contributed by atoms with E-state index in [-0.39, 0.29) is 17.7 Å². The van der Waals surface area contributed by atoms with Crippen molar-refractivity contribution in [2.24, 2.45) is 10.9 Å². The van der Waals surface area contributed by atoms with Crippen molar-refractivity contribution in [2.45, 2.75) is 37.3 Å². The van der Waals surface area contributed by atoms with Crippen molar-refractivity contribution < 1.29 is 9.90 Å². The second-order valence-electron chi connectivity index (χ2n) is 11.3. The average Bonchev–Trinajstić information content (AvgIpc) is 2.98. The Balaban J connectivity index is 1.11. The predicted molar refractivity (Wildman–Crippen MR) is 151 cm³/mol. The molecule has 0 saturated carbocycles. The number of fused-ring (bicyclic) bond motifs is 1. The number of likely N-dealkylation sites (tertiary alicyclic amines) is 2. The lowest BCUT2D eigenvalue weighted by molar-refractivity contribution is -0.142. The summed E-state index contributed by atoms with van der Waals surface area (Å²) < 4.78 is 0. The van der Waals surface area contributed by atoms with Crippen molar-refractivity contribution >= 4 is 12.1 Å². The van der Waals surface area contributed by atoms with Gasteiger partial charge in [0.25, 0.3) is 0 Å². The summed E-state index contributed by atoms with van der Waals surface area (Å²) in [6.45, 7) is 4.87. The quantitative estimate of drug-likeness (QED) is 0.537. The summed E-state index contributed by atoms with van der Waals surface area (Å²) in [6, 6.07) is 25.0. The van der Waals surface area contributed by atoms with Gasteiger partial charge in [0.2, 0.25) is 5.91 Å². The molecule has 0 radical (unpaired) electrons. The molecule has 0 unspecified atom stereocenters. The molecular formula is C32H37N5O2. The molecule has 0 bridgehead atoms. The summed E-state index contributed by atoms with van der Waals surface area (Å²) in [6.07, 6.45) is 5.75. The number of carbonyl (C=O) groups is 1. The number of piperidine rings is 2. The number of hydrogen-bond acceptors (Lipinski definition) is 6. The number of hydrogen-bond donors (Lipinski definition) is 1. The first kappa shape index (κ1) is 25.7. The molecule has 3 aliphatic heterocycles. The third-order valence-electron chi connectivity index (χ3n) is 8.54. The van der Waals surface area contributed by atoms with E-state index >= 15 is 0 Å². The molecule has 1 amide bonds. The first-order valence-electron chi connectivity index (χ1n) is 14.1. The van der Waals surface area contributed by atoms with E-state index in [0.29, 0.717) is 39.1 Å². The molecule has 202 valence electrons. The Bertz CT molecular complexity index is 1390. The van der Waals surface area contributed by atoms with E-state index in [1.807, 2.05) is 34.2 Å². The molecule has 2 fully saturated rings. The number of β-amino-alcohol motifs (C(OH)–C–C–N with tert-alkyl or cyclic N) is 1. The van der Waals surface area contributed by atoms with Crippen LogP contribution in [0.25, 0.3) is 6.20 Å². The Morgan fingerprint density at radius 3 is 2.46 bits per heavy atom. The van der Waals surface area contributed by atoms with Gasteiger partial charge in [-0.2, -0.15) is 0 Å². The van der Waals surface area contributed by atoms with Gasteiger partial charge in [0, 0.05) is 57.0 Å². The first-order chi connectivity index (χ1) is 19.1. The highest BCUT2D eigenvalue weighted by atomic mass is 16.3. The molecule has 2 aromatic carbocycles. The van der Waals surface area contributed by atoms with Gasteiger partial charge in [-0.1, -0.05) is 60.7 Å². The van der Waals surface area contributed by atoms with Crippen LogP contribution in [0.4, 0.5) is 0 Å².